The Morgan fingerprint density at radius 2 is 0.812 bits per heavy atom. The third-order valence-corrected chi connectivity index (χ3v) is 1.92. The van der Waals surface area contributed by atoms with Crippen molar-refractivity contribution in [1.82, 2.24) is 0 Å². The fourth-order valence-corrected chi connectivity index (χ4v) is 1.02. The lowest BCUT2D eigenvalue weighted by Gasteiger charge is -1.98. The average Bonchev–Trinajstić information content (AvgIpc) is 2.20. The van der Waals surface area contributed by atoms with E-state index in [1.165, 1.54) is 0 Å². The van der Waals surface area contributed by atoms with Gasteiger partial charge in [-0.2, -0.15) is 0 Å². The molecule has 0 atom stereocenters. The molecular formula is C10H14O6. The molecule has 0 heterocycles. The van der Waals surface area contributed by atoms with Crippen molar-refractivity contribution in [2.24, 2.45) is 0 Å². The van der Waals surface area contributed by atoms with Crippen LogP contribution >= 0.6 is 0 Å². The zero-order chi connectivity index (χ0) is 12.6. The van der Waals surface area contributed by atoms with Crippen LogP contribution in [0.3, 0.4) is 0 Å². The highest BCUT2D eigenvalue weighted by atomic mass is 16.4. The molecule has 6 heteroatoms. The van der Waals surface area contributed by atoms with Crippen LogP contribution in [0.4, 0.5) is 0 Å². The molecule has 16 heavy (non-hydrogen) atoms. The number of carboxylic acid groups (broad SMARTS) is 2. The number of carbonyl (C=O) groups excluding carboxylic acids is 2. The zero-order valence-electron chi connectivity index (χ0n) is 8.77. The molecule has 0 saturated heterocycles. The fraction of sp³-hybridized carbons (Fsp3) is 0.600. The summed E-state index contributed by atoms with van der Waals surface area (Å²) in [7, 11) is 0. The van der Waals surface area contributed by atoms with Gasteiger partial charge in [-0.25, -0.2) is 0 Å². The van der Waals surface area contributed by atoms with Gasteiger partial charge in [0.15, 0.2) is 0 Å². The van der Waals surface area contributed by atoms with E-state index in [1.807, 2.05) is 0 Å². The van der Waals surface area contributed by atoms with Crippen molar-refractivity contribution in [1.29, 1.82) is 0 Å². The molecule has 0 aromatic heterocycles. The van der Waals surface area contributed by atoms with E-state index in [9.17, 15) is 19.2 Å². The van der Waals surface area contributed by atoms with E-state index in [2.05, 4.69) is 0 Å². The van der Waals surface area contributed by atoms with Gasteiger partial charge in [0.1, 0.15) is 11.6 Å². The Morgan fingerprint density at radius 1 is 0.562 bits per heavy atom. The molecule has 0 spiro atoms. The number of carbonyl (C=O) groups is 4. The zero-order valence-corrected chi connectivity index (χ0v) is 8.77. The van der Waals surface area contributed by atoms with Gasteiger partial charge in [0.05, 0.1) is 12.8 Å². The summed E-state index contributed by atoms with van der Waals surface area (Å²) >= 11 is 0. The largest absolute Gasteiger partial charge is 0.481 e. The summed E-state index contributed by atoms with van der Waals surface area (Å²) in [5.74, 6) is -2.67. The third kappa shape index (κ3) is 8.86. The van der Waals surface area contributed by atoms with Crippen LogP contribution in [-0.4, -0.2) is 33.7 Å². The van der Waals surface area contributed by atoms with Crippen LogP contribution in [0.2, 0.25) is 0 Å². The van der Waals surface area contributed by atoms with Crippen LogP contribution in [0.5, 0.6) is 0 Å². The summed E-state index contributed by atoms with van der Waals surface area (Å²) in [5.41, 5.74) is 0. The first-order valence-corrected chi connectivity index (χ1v) is 4.89. The Balaban J connectivity index is 3.63. The van der Waals surface area contributed by atoms with Crippen molar-refractivity contribution in [2.45, 2.75) is 38.5 Å². The van der Waals surface area contributed by atoms with Crippen LogP contribution in [0, 0.1) is 0 Å². The van der Waals surface area contributed by atoms with E-state index in [4.69, 9.17) is 10.2 Å². The van der Waals surface area contributed by atoms with Gasteiger partial charge in [-0.1, -0.05) is 0 Å². The normalized spacial score (nSPS) is 9.75. The first-order chi connectivity index (χ1) is 7.41. The first-order valence-electron chi connectivity index (χ1n) is 4.89. The molecule has 0 amide bonds. The molecule has 0 unspecified atom stereocenters. The summed E-state index contributed by atoms with van der Waals surface area (Å²) < 4.78 is 0. The summed E-state index contributed by atoms with van der Waals surface area (Å²) in [6.45, 7) is 0. The minimum absolute atomic E-state index is 0.00820. The molecule has 2 N–H and O–H groups in total. The molecule has 6 nitrogen and oxygen atoms in total. The number of ketones is 2. The molecule has 0 aliphatic carbocycles. The lowest BCUT2D eigenvalue weighted by atomic mass is 10.1. The summed E-state index contributed by atoms with van der Waals surface area (Å²) in [6.07, 6.45) is -0.648. The van der Waals surface area contributed by atoms with E-state index in [0.29, 0.717) is 0 Å². The van der Waals surface area contributed by atoms with Gasteiger partial charge >= 0.3 is 11.9 Å². The number of hydrogen-bond donors (Lipinski definition) is 2. The second-order valence-electron chi connectivity index (χ2n) is 3.36. The SMILES string of the molecule is O=C(O)CCC(=O)CCC(=O)CCC(=O)O. The molecule has 0 fully saturated rings. The maximum Gasteiger partial charge on any atom is 0.303 e. The molecule has 0 aliphatic rings. The Hall–Kier alpha value is -1.72. The van der Waals surface area contributed by atoms with Gasteiger partial charge in [0.2, 0.25) is 0 Å². The predicted molar refractivity (Wildman–Crippen MR) is 53.0 cm³/mol. The smallest absolute Gasteiger partial charge is 0.303 e. The van der Waals surface area contributed by atoms with Crippen molar-refractivity contribution in [3.63, 3.8) is 0 Å². The number of Topliss-reactive ketones (excluding diaryl/α,β-unsaturated/α-hetero) is 2. The topological polar surface area (TPSA) is 109 Å². The monoisotopic (exact) mass is 230 g/mol. The summed E-state index contributed by atoms with van der Waals surface area (Å²) in [5, 5.41) is 16.6. The van der Waals surface area contributed by atoms with Crippen LogP contribution < -0.4 is 0 Å². The third-order valence-electron chi connectivity index (χ3n) is 1.92. The van der Waals surface area contributed by atoms with Gasteiger partial charge in [0.25, 0.3) is 0 Å². The molecule has 0 aromatic carbocycles. The van der Waals surface area contributed by atoms with Gasteiger partial charge in [0, 0.05) is 25.7 Å². The Labute approximate surface area is 92.3 Å². The first kappa shape index (κ1) is 14.3. The van der Waals surface area contributed by atoms with Crippen molar-refractivity contribution in [3.05, 3.63) is 0 Å². The fourth-order valence-electron chi connectivity index (χ4n) is 1.02. The van der Waals surface area contributed by atoms with Gasteiger partial charge in [-0.3, -0.25) is 19.2 Å². The number of carboxylic acids is 2. The lowest BCUT2D eigenvalue weighted by molar-refractivity contribution is -0.139. The van der Waals surface area contributed by atoms with Crippen molar-refractivity contribution >= 4 is 23.5 Å². The highest BCUT2D eigenvalue weighted by Gasteiger charge is 2.10. The minimum Gasteiger partial charge on any atom is -0.481 e. The Bertz CT molecular complexity index is 264. The van der Waals surface area contributed by atoms with E-state index in [1.54, 1.807) is 0 Å². The minimum atomic E-state index is -1.05. The summed E-state index contributed by atoms with van der Waals surface area (Å²) in [4.78, 5) is 42.4. The van der Waals surface area contributed by atoms with Crippen molar-refractivity contribution in [3.8, 4) is 0 Å². The Morgan fingerprint density at radius 3 is 1.06 bits per heavy atom. The maximum absolute atomic E-state index is 11.1. The van der Waals surface area contributed by atoms with Gasteiger partial charge < -0.3 is 10.2 Å². The van der Waals surface area contributed by atoms with Gasteiger partial charge in [-0.05, 0) is 0 Å². The highest BCUT2D eigenvalue weighted by molar-refractivity contribution is 5.88. The quantitative estimate of drug-likeness (QED) is 0.601. The second kappa shape index (κ2) is 7.56. The van der Waals surface area contributed by atoms with E-state index >= 15 is 0 Å². The molecule has 0 aliphatic heterocycles. The van der Waals surface area contributed by atoms with Crippen LogP contribution in [0.15, 0.2) is 0 Å². The van der Waals surface area contributed by atoms with Crippen LogP contribution in [0.1, 0.15) is 38.5 Å². The highest BCUT2D eigenvalue weighted by Crippen LogP contribution is 2.03. The average molecular weight is 230 g/mol. The molecule has 0 radical (unpaired) electrons. The van der Waals surface area contributed by atoms with Crippen LogP contribution in [-0.2, 0) is 19.2 Å². The molecule has 0 rings (SSSR count). The molecular weight excluding hydrogens is 216 g/mol. The lowest BCUT2D eigenvalue weighted by Crippen LogP contribution is -2.08. The van der Waals surface area contributed by atoms with E-state index in [0.717, 1.165) is 0 Å². The second-order valence-corrected chi connectivity index (χ2v) is 3.36. The predicted octanol–water partition coefficient (Wildman–Crippen LogP) is 0.634. The summed E-state index contributed by atoms with van der Waals surface area (Å²) in [6, 6.07) is 0. The number of aliphatic carboxylic acids is 2. The van der Waals surface area contributed by atoms with Crippen molar-refractivity contribution in [2.75, 3.05) is 0 Å². The Kier molecular flexibility index (Phi) is 6.74. The molecule has 90 valence electrons. The number of hydrogen-bond acceptors (Lipinski definition) is 4. The van der Waals surface area contributed by atoms with E-state index in [-0.39, 0.29) is 50.1 Å². The number of rotatable bonds is 9. The molecule has 0 saturated carbocycles. The standard InChI is InChI=1S/C10H14O6/c11-7(3-5-9(13)14)1-2-8(12)4-6-10(15)16/h1-6H2,(H,13,14)(H,15,16). The molecule has 0 aromatic rings. The van der Waals surface area contributed by atoms with E-state index < -0.39 is 11.9 Å². The maximum atomic E-state index is 11.1. The van der Waals surface area contributed by atoms with Gasteiger partial charge in [-0.15, -0.1) is 0 Å². The van der Waals surface area contributed by atoms with Crippen LogP contribution in [0.25, 0.3) is 0 Å². The van der Waals surface area contributed by atoms with Crippen molar-refractivity contribution < 1.29 is 29.4 Å². The molecule has 0 bridgehead atoms.